The van der Waals surface area contributed by atoms with Gasteiger partial charge in [0.15, 0.2) is 5.78 Å². The second-order valence-electron chi connectivity index (χ2n) is 30.7. The number of allylic oxidation sites excluding steroid dienone is 6. The standard InChI is InChI=1S/C31H47NO3.C31H48O3.2CH3.5HI.2V/c1-19-17-28(6)22(27(4,5)24(19)33)11-12-30(8)23(28)10-9-20-21-18-26(2,3)13-15-31(21,25(34)32-35)16-14-29(20,30)7;1-19-17-28(6)22(27(4,5)24(19)32)11-12-30(8)23(28)10-9-20-21-18-26(2,3)13-15-31(21,25(33)34)16-14-29(20,30)7;;;;;;;;;/h9,17,21-23,35H,10-16,18H2,1-8H3,(H,32,34);9,19,21-23H,10-18H2,1-8H3,(H,33,34);2*1H3;5*1H;;/q;;2*-1;;;;;;+2;+3/p-5/t21-,22-,23+,28-,29+,30+,31-;19-,21+,22+,23-,28+,29-,30-,31+;;;;;;;;;/m01........./s1. The molecule has 15 atom stereocenters. The first-order valence-electron chi connectivity index (χ1n) is 28.9. The number of Topliss-reactive ketones (excluding diaryl/α,β-unsaturated/α-hetero) is 2. The zero-order chi connectivity index (χ0) is 57.2. The summed E-state index contributed by atoms with van der Waals surface area (Å²) in [7, 11) is 0.628. The molecule has 0 heterocycles. The predicted octanol–water partition coefficient (Wildman–Crippen LogP) is 20.0. The summed E-state index contributed by atoms with van der Waals surface area (Å²) in [4.78, 5) is 52.1. The monoisotopic (exact) mass is 1720 g/mol. The van der Waals surface area contributed by atoms with Gasteiger partial charge in [-0.25, -0.2) is 5.48 Å². The summed E-state index contributed by atoms with van der Waals surface area (Å²) in [5.74, 6) is 2.36. The molecule has 7 nitrogen and oxygen atoms in total. The van der Waals surface area contributed by atoms with Gasteiger partial charge in [-0.05, 0) is 200 Å². The Bertz CT molecular complexity index is 2420. The summed E-state index contributed by atoms with van der Waals surface area (Å²) in [5.41, 5.74) is 5.25. The molecule has 0 aromatic heterocycles. The zero-order valence-electron chi connectivity index (χ0n) is 51.1. The van der Waals surface area contributed by atoms with Crippen molar-refractivity contribution in [2.45, 2.75) is 220 Å². The van der Waals surface area contributed by atoms with Crippen molar-refractivity contribution in [2.75, 3.05) is 0 Å². The molecule has 10 rings (SSSR count). The second kappa shape index (κ2) is 24.3. The molecule has 445 valence electrons. The minimum atomic E-state index is -0.571. The molecule has 78 heavy (non-hydrogen) atoms. The Morgan fingerprint density at radius 1 is 0.615 bits per heavy atom. The van der Waals surface area contributed by atoms with Crippen LogP contribution in [-0.2, 0) is 33.6 Å². The van der Waals surface area contributed by atoms with Crippen molar-refractivity contribution in [2.24, 2.45) is 106 Å². The Labute approximate surface area is 541 Å². The summed E-state index contributed by atoms with van der Waals surface area (Å²) in [6.45, 7) is 37.4. The molecular weight excluding hydrogens is 1620 g/mol. The normalized spacial score (nSPS) is 44.4. The topological polar surface area (TPSA) is 121 Å². The number of nitrogens with one attached hydrogen (secondary N) is 1. The van der Waals surface area contributed by atoms with Gasteiger partial charge in [-0.15, -0.1) is 0 Å². The molecule has 3 N–H and O–H groups in total. The van der Waals surface area contributed by atoms with E-state index in [1.807, 2.05) is 6.92 Å². The first-order valence-corrected chi connectivity index (χ1v) is 51.4. The van der Waals surface area contributed by atoms with E-state index in [4.69, 9.17) is 0 Å². The number of carboxylic acid groups (broad SMARTS) is 1. The van der Waals surface area contributed by atoms with Crippen LogP contribution in [0, 0.1) is 121 Å². The molecular formula is C64H101I5NO6V2-2. The van der Waals surface area contributed by atoms with Gasteiger partial charge in [0.2, 0.25) is 5.91 Å². The van der Waals surface area contributed by atoms with E-state index in [2.05, 4.69) is 227 Å². The van der Waals surface area contributed by atoms with Crippen LogP contribution < -0.4 is 5.48 Å². The molecule has 1 amide bonds. The van der Waals surface area contributed by atoms with E-state index >= 15 is 0 Å². The van der Waals surface area contributed by atoms with Crippen molar-refractivity contribution in [3.05, 3.63) is 49.8 Å². The molecule has 0 aromatic rings. The molecule has 0 unspecified atom stereocenters. The van der Waals surface area contributed by atoms with E-state index in [-0.39, 0.29) is 97.6 Å². The van der Waals surface area contributed by atoms with Crippen molar-refractivity contribution < 1.29 is 43.9 Å². The molecule has 0 aliphatic heterocycles. The van der Waals surface area contributed by atoms with Crippen molar-refractivity contribution >= 4 is 123 Å². The minimum absolute atomic E-state index is 0. The van der Waals surface area contributed by atoms with Crippen LogP contribution in [0.1, 0.15) is 220 Å². The van der Waals surface area contributed by atoms with Gasteiger partial charge in [-0.3, -0.25) is 24.4 Å². The number of halogens is 5. The first kappa shape index (κ1) is 71.0. The predicted molar refractivity (Wildman–Crippen MR) is 358 cm³/mol. The Balaban J connectivity index is 0.000000251. The van der Waals surface area contributed by atoms with E-state index in [1.54, 1.807) is 0 Å². The van der Waals surface area contributed by atoms with Crippen LogP contribution in [0.5, 0.6) is 0 Å². The van der Waals surface area contributed by atoms with E-state index < -0.39 is 16.8 Å². The van der Waals surface area contributed by atoms with Crippen LogP contribution in [0.25, 0.3) is 0 Å². The van der Waals surface area contributed by atoms with Gasteiger partial charge in [0.1, 0.15) is 5.78 Å². The summed E-state index contributed by atoms with van der Waals surface area (Å²) < 4.78 is 0. The average molecular weight is 1720 g/mol. The molecule has 7 fully saturated rings. The van der Waals surface area contributed by atoms with Crippen LogP contribution in [0.3, 0.4) is 0 Å². The van der Waals surface area contributed by atoms with Crippen molar-refractivity contribution in [3.8, 4) is 0 Å². The van der Waals surface area contributed by atoms with Crippen LogP contribution in [-0.4, -0.2) is 33.8 Å². The van der Waals surface area contributed by atoms with Gasteiger partial charge in [-0.1, -0.05) is 133 Å². The third-order valence-corrected chi connectivity index (χ3v) is 25.7. The number of amides is 1. The molecule has 0 saturated heterocycles. The quantitative estimate of drug-likeness (QED) is 0.0833. The second-order valence-corrected chi connectivity index (χ2v) is 77.8. The van der Waals surface area contributed by atoms with Crippen molar-refractivity contribution in [1.82, 2.24) is 5.48 Å². The molecule has 0 aromatic carbocycles. The van der Waals surface area contributed by atoms with Crippen LogP contribution >= 0.6 is 99.9 Å². The van der Waals surface area contributed by atoms with Crippen LogP contribution in [0.15, 0.2) is 34.9 Å². The number of carboxylic acids is 1. The van der Waals surface area contributed by atoms with Crippen molar-refractivity contribution in [1.29, 1.82) is 0 Å². The van der Waals surface area contributed by atoms with Crippen LogP contribution in [0.4, 0.5) is 0 Å². The van der Waals surface area contributed by atoms with Crippen molar-refractivity contribution in [3.63, 3.8) is 0 Å². The number of ketones is 2. The molecule has 0 radical (unpaired) electrons. The molecule has 0 spiro atoms. The Hall–Kier alpha value is 2.28. The molecule has 14 heteroatoms. The number of fused-ring (bicyclic) bond motifs is 14. The SMILES string of the molecule is CC1=C[C@]2(C)[C@H]3CC=C4[C@@H]5CC(C)(C)CC[C@]5(C(=O)NO)CC[C@@]4(C)[C@]3(C)CC[C@H]2C(C)(C)C1=O.C[C@@H]1C[C@]2(C)[C@H]3CC=C4[C@@H]5CC(C)(C)CC[C@]5(C(=O)O)CC[C@@]4(C)[C@]3(C)CC[C@H]2C(C)(C)C1=O.[CH3-].[CH3-].[I][V]([I])[I].[I][V][I]. The van der Waals surface area contributed by atoms with E-state index in [9.17, 15) is 29.5 Å². The summed E-state index contributed by atoms with van der Waals surface area (Å²) >= 11 is 12.1. The Morgan fingerprint density at radius 3 is 1.50 bits per heavy atom. The Kier molecular flexibility index (Phi) is 22.2. The number of hydrogen-bond donors (Lipinski definition) is 3. The van der Waals surface area contributed by atoms with E-state index in [1.165, 1.54) is 11.1 Å². The number of hydrogen-bond acceptors (Lipinski definition) is 5. The maximum atomic E-state index is 13.2. The molecule has 10 aliphatic carbocycles. The maximum absolute atomic E-state index is 13.2. The average Bonchev–Trinajstić information content (AvgIpc) is 3.30. The Morgan fingerprint density at radius 2 is 1.03 bits per heavy atom. The van der Waals surface area contributed by atoms with E-state index in [0.717, 1.165) is 115 Å². The fourth-order valence-electron chi connectivity index (χ4n) is 21.6. The van der Waals surface area contributed by atoms with Gasteiger partial charge in [0, 0.05) is 16.7 Å². The number of carbonyl (C=O) groups excluding carboxylic acids is 3. The summed E-state index contributed by atoms with van der Waals surface area (Å²) in [5, 5.41) is 20.3. The first-order chi connectivity index (χ1) is 34.8. The summed E-state index contributed by atoms with van der Waals surface area (Å²) in [6.07, 6.45) is 24.3. The third kappa shape index (κ3) is 11.2. The molecule has 7 saturated carbocycles. The molecule has 10 aliphatic rings. The van der Waals surface area contributed by atoms with Gasteiger partial charge in [-0.2, -0.15) is 0 Å². The number of rotatable bonds is 2. The van der Waals surface area contributed by atoms with Crippen LogP contribution in [0.2, 0.25) is 0 Å². The zero-order valence-corrected chi connectivity index (χ0v) is 64.7. The fraction of sp³-hybridized carbons (Fsp3) is 0.812. The number of hydroxylamine groups is 1. The van der Waals surface area contributed by atoms with Gasteiger partial charge < -0.3 is 20.0 Å². The fourth-order valence-corrected chi connectivity index (χ4v) is 21.6. The summed E-state index contributed by atoms with van der Waals surface area (Å²) in [6, 6.07) is 0. The number of carbonyl (C=O) groups is 4. The third-order valence-electron chi connectivity index (χ3n) is 25.7. The van der Waals surface area contributed by atoms with Gasteiger partial charge in [0.05, 0.1) is 10.8 Å². The van der Waals surface area contributed by atoms with Gasteiger partial charge in [0.25, 0.3) is 0 Å². The van der Waals surface area contributed by atoms with E-state index in [0.29, 0.717) is 44.7 Å². The number of aliphatic carboxylic acids is 1. The van der Waals surface area contributed by atoms with Gasteiger partial charge >= 0.3 is 120 Å². The molecule has 0 bridgehead atoms.